The summed E-state index contributed by atoms with van der Waals surface area (Å²) in [6.07, 6.45) is 5.48. The van der Waals surface area contributed by atoms with Gasteiger partial charge in [0.25, 0.3) is 0 Å². The van der Waals surface area contributed by atoms with Crippen molar-refractivity contribution in [3.05, 3.63) is 0 Å². The third kappa shape index (κ3) is 3.25. The van der Waals surface area contributed by atoms with E-state index < -0.39 is 0 Å². The Labute approximate surface area is 89.1 Å². The molecule has 0 aromatic carbocycles. The molecule has 0 radical (unpaired) electrons. The van der Waals surface area contributed by atoms with Crippen molar-refractivity contribution in [2.45, 2.75) is 45.6 Å². The van der Waals surface area contributed by atoms with Crippen molar-refractivity contribution < 1.29 is 0 Å². The first-order chi connectivity index (χ1) is 6.81. The molecule has 1 aliphatic rings. The van der Waals surface area contributed by atoms with Crippen LogP contribution in [0.4, 0.5) is 0 Å². The molecule has 0 aromatic rings. The summed E-state index contributed by atoms with van der Waals surface area (Å²) in [7, 11) is 2.06. The van der Waals surface area contributed by atoms with Crippen LogP contribution in [0.15, 0.2) is 0 Å². The summed E-state index contributed by atoms with van der Waals surface area (Å²) in [6, 6.07) is 0.759. The zero-order chi connectivity index (χ0) is 10.4. The SMILES string of the molecule is CCC1CCCN(C(CC)CNC)C1. The van der Waals surface area contributed by atoms with Crippen LogP contribution in [0.5, 0.6) is 0 Å². The summed E-state index contributed by atoms with van der Waals surface area (Å²) in [5.74, 6) is 0.953. The summed E-state index contributed by atoms with van der Waals surface area (Å²) in [5.41, 5.74) is 0. The first-order valence-corrected chi connectivity index (χ1v) is 6.20. The largest absolute Gasteiger partial charge is 0.318 e. The van der Waals surface area contributed by atoms with Crippen LogP contribution in [0.1, 0.15) is 39.5 Å². The predicted molar refractivity (Wildman–Crippen MR) is 62.6 cm³/mol. The predicted octanol–water partition coefficient (Wildman–Crippen LogP) is 2.11. The smallest absolute Gasteiger partial charge is 0.0218 e. The lowest BCUT2D eigenvalue weighted by atomic mass is 9.94. The molecular formula is C12H26N2. The molecule has 0 aliphatic carbocycles. The van der Waals surface area contributed by atoms with Crippen LogP contribution >= 0.6 is 0 Å². The molecule has 84 valence electrons. The lowest BCUT2D eigenvalue weighted by molar-refractivity contribution is 0.117. The van der Waals surface area contributed by atoms with Gasteiger partial charge in [-0.15, -0.1) is 0 Å². The van der Waals surface area contributed by atoms with Gasteiger partial charge in [-0.2, -0.15) is 0 Å². The van der Waals surface area contributed by atoms with E-state index in [-0.39, 0.29) is 0 Å². The Kier molecular flexibility index (Phi) is 5.49. The normalized spacial score (nSPS) is 26.4. The maximum Gasteiger partial charge on any atom is 0.0218 e. The van der Waals surface area contributed by atoms with E-state index in [1.807, 2.05) is 0 Å². The van der Waals surface area contributed by atoms with Crippen LogP contribution in [0.25, 0.3) is 0 Å². The van der Waals surface area contributed by atoms with E-state index in [4.69, 9.17) is 0 Å². The highest BCUT2D eigenvalue weighted by atomic mass is 15.2. The molecular weight excluding hydrogens is 172 g/mol. The monoisotopic (exact) mass is 198 g/mol. The zero-order valence-electron chi connectivity index (χ0n) is 10.1. The van der Waals surface area contributed by atoms with Gasteiger partial charge in [-0.3, -0.25) is 4.90 Å². The number of hydrogen-bond donors (Lipinski definition) is 1. The standard InChI is InChI=1S/C12H26N2/c1-4-11-7-6-8-14(10-11)12(5-2)9-13-3/h11-13H,4-10H2,1-3H3. The van der Waals surface area contributed by atoms with Gasteiger partial charge in [0.1, 0.15) is 0 Å². The second-order valence-electron chi connectivity index (χ2n) is 4.53. The van der Waals surface area contributed by atoms with E-state index in [2.05, 4.69) is 31.1 Å². The van der Waals surface area contributed by atoms with Gasteiger partial charge >= 0.3 is 0 Å². The molecule has 2 heteroatoms. The fourth-order valence-electron chi connectivity index (χ4n) is 2.53. The topological polar surface area (TPSA) is 15.3 Å². The van der Waals surface area contributed by atoms with Crippen molar-refractivity contribution in [2.24, 2.45) is 5.92 Å². The molecule has 1 N–H and O–H groups in total. The fourth-order valence-corrected chi connectivity index (χ4v) is 2.53. The molecule has 0 spiro atoms. The molecule has 1 heterocycles. The Balaban J connectivity index is 2.40. The number of rotatable bonds is 5. The van der Waals surface area contributed by atoms with Crippen molar-refractivity contribution in [2.75, 3.05) is 26.7 Å². The number of hydrogen-bond acceptors (Lipinski definition) is 2. The highest BCUT2D eigenvalue weighted by Crippen LogP contribution is 2.21. The Morgan fingerprint density at radius 1 is 1.43 bits per heavy atom. The van der Waals surface area contributed by atoms with Crippen LogP contribution in [0, 0.1) is 5.92 Å². The lowest BCUT2D eigenvalue weighted by Gasteiger charge is -2.37. The number of likely N-dealkylation sites (tertiary alicyclic amines) is 1. The number of nitrogens with zero attached hydrogens (tertiary/aromatic N) is 1. The van der Waals surface area contributed by atoms with Gasteiger partial charge in [0, 0.05) is 19.1 Å². The lowest BCUT2D eigenvalue weighted by Crippen LogP contribution is -2.46. The first-order valence-electron chi connectivity index (χ1n) is 6.20. The summed E-state index contributed by atoms with van der Waals surface area (Å²) >= 11 is 0. The highest BCUT2D eigenvalue weighted by molar-refractivity contribution is 4.79. The van der Waals surface area contributed by atoms with Crippen LogP contribution < -0.4 is 5.32 Å². The fraction of sp³-hybridized carbons (Fsp3) is 1.00. The Bertz CT molecular complexity index is 147. The molecule has 0 amide bonds. The summed E-state index contributed by atoms with van der Waals surface area (Å²) in [5, 5.41) is 3.31. The molecule has 0 bridgehead atoms. The van der Waals surface area contributed by atoms with E-state index in [0.717, 1.165) is 18.5 Å². The van der Waals surface area contributed by atoms with Gasteiger partial charge in [-0.1, -0.05) is 20.3 Å². The summed E-state index contributed by atoms with van der Waals surface area (Å²) in [4.78, 5) is 2.69. The number of piperidine rings is 1. The average Bonchev–Trinajstić information content (AvgIpc) is 2.26. The maximum atomic E-state index is 3.31. The minimum atomic E-state index is 0.759. The van der Waals surface area contributed by atoms with Gasteiger partial charge in [-0.25, -0.2) is 0 Å². The van der Waals surface area contributed by atoms with Gasteiger partial charge < -0.3 is 5.32 Å². The molecule has 1 aliphatic heterocycles. The molecule has 2 atom stereocenters. The minimum Gasteiger partial charge on any atom is -0.318 e. The third-order valence-electron chi connectivity index (χ3n) is 3.56. The van der Waals surface area contributed by atoms with Crippen LogP contribution in [-0.2, 0) is 0 Å². The van der Waals surface area contributed by atoms with Crippen LogP contribution in [0.2, 0.25) is 0 Å². The molecule has 1 rings (SSSR count). The maximum absolute atomic E-state index is 3.31. The zero-order valence-corrected chi connectivity index (χ0v) is 10.1. The molecule has 1 fully saturated rings. The Morgan fingerprint density at radius 3 is 2.79 bits per heavy atom. The van der Waals surface area contributed by atoms with Crippen molar-refractivity contribution in [3.63, 3.8) is 0 Å². The van der Waals surface area contributed by atoms with Crippen molar-refractivity contribution >= 4 is 0 Å². The Morgan fingerprint density at radius 2 is 2.21 bits per heavy atom. The summed E-state index contributed by atoms with van der Waals surface area (Å²) < 4.78 is 0. The highest BCUT2D eigenvalue weighted by Gasteiger charge is 2.23. The second kappa shape index (κ2) is 6.41. The molecule has 1 saturated heterocycles. The number of nitrogens with one attached hydrogen (secondary N) is 1. The van der Waals surface area contributed by atoms with Gasteiger partial charge in [0.2, 0.25) is 0 Å². The van der Waals surface area contributed by atoms with Gasteiger partial charge in [0.15, 0.2) is 0 Å². The van der Waals surface area contributed by atoms with Gasteiger partial charge in [0.05, 0.1) is 0 Å². The first kappa shape index (κ1) is 12.0. The average molecular weight is 198 g/mol. The van der Waals surface area contributed by atoms with E-state index in [1.54, 1.807) is 0 Å². The van der Waals surface area contributed by atoms with Crippen LogP contribution in [-0.4, -0.2) is 37.6 Å². The van der Waals surface area contributed by atoms with E-state index >= 15 is 0 Å². The Hall–Kier alpha value is -0.0800. The molecule has 14 heavy (non-hydrogen) atoms. The summed E-state index contributed by atoms with van der Waals surface area (Å²) in [6.45, 7) is 8.42. The number of likely N-dealkylation sites (N-methyl/N-ethyl adjacent to an activating group) is 1. The van der Waals surface area contributed by atoms with E-state index in [1.165, 1.54) is 38.8 Å². The van der Waals surface area contributed by atoms with Gasteiger partial charge in [-0.05, 0) is 38.8 Å². The van der Waals surface area contributed by atoms with E-state index in [9.17, 15) is 0 Å². The second-order valence-corrected chi connectivity index (χ2v) is 4.53. The molecule has 2 nitrogen and oxygen atoms in total. The molecule has 0 aromatic heterocycles. The minimum absolute atomic E-state index is 0.759. The third-order valence-corrected chi connectivity index (χ3v) is 3.56. The van der Waals surface area contributed by atoms with Crippen molar-refractivity contribution in [3.8, 4) is 0 Å². The molecule has 2 unspecified atom stereocenters. The molecule has 0 saturated carbocycles. The van der Waals surface area contributed by atoms with E-state index in [0.29, 0.717) is 0 Å². The van der Waals surface area contributed by atoms with Crippen molar-refractivity contribution in [1.82, 2.24) is 10.2 Å². The quantitative estimate of drug-likeness (QED) is 0.728. The van der Waals surface area contributed by atoms with Crippen LogP contribution in [0.3, 0.4) is 0 Å². The van der Waals surface area contributed by atoms with Crippen molar-refractivity contribution in [1.29, 1.82) is 0 Å².